The van der Waals surface area contributed by atoms with E-state index in [4.69, 9.17) is 11.6 Å². The van der Waals surface area contributed by atoms with Crippen molar-refractivity contribution in [2.45, 2.75) is 0 Å². The van der Waals surface area contributed by atoms with E-state index >= 15 is 0 Å². The van der Waals surface area contributed by atoms with Crippen molar-refractivity contribution in [2.24, 2.45) is 4.99 Å². The fourth-order valence-electron chi connectivity index (χ4n) is 0.753. The number of hydrogen-bond donors (Lipinski definition) is 0. The first-order valence-electron chi connectivity index (χ1n) is 3.11. The van der Waals surface area contributed by atoms with Crippen molar-refractivity contribution >= 4 is 17.8 Å². The Labute approximate surface area is 69.5 Å². The molecule has 0 aromatic heterocycles. The maximum atomic E-state index is 12.8. The Morgan fingerprint density at radius 3 is 2.91 bits per heavy atom. The van der Waals surface area contributed by atoms with E-state index in [0.717, 1.165) is 0 Å². The summed E-state index contributed by atoms with van der Waals surface area (Å²) >= 11 is 5.62. The Bertz CT molecular complexity index is 283. The number of halogens is 2. The molecule has 0 aliphatic rings. The van der Waals surface area contributed by atoms with Crippen LogP contribution in [0.25, 0.3) is 0 Å². The van der Waals surface area contributed by atoms with Gasteiger partial charge in [-0.25, -0.2) is 4.39 Å². The van der Waals surface area contributed by atoms with E-state index < -0.39 is 0 Å². The molecule has 1 nitrogen and oxygen atoms in total. The molecule has 0 amide bonds. The summed E-state index contributed by atoms with van der Waals surface area (Å²) in [6.45, 7) is 0. The second-order valence-corrected chi connectivity index (χ2v) is 2.49. The van der Waals surface area contributed by atoms with Gasteiger partial charge in [-0.2, -0.15) is 0 Å². The van der Waals surface area contributed by atoms with Gasteiger partial charge in [0.15, 0.2) is 0 Å². The smallest absolute Gasteiger partial charge is 0.132 e. The zero-order valence-electron chi connectivity index (χ0n) is 6.01. The first-order chi connectivity index (χ1) is 5.24. The Kier molecular flexibility index (Phi) is 2.60. The van der Waals surface area contributed by atoms with Crippen LogP contribution in [0.3, 0.4) is 0 Å². The van der Waals surface area contributed by atoms with Gasteiger partial charge in [0.2, 0.25) is 0 Å². The van der Waals surface area contributed by atoms with Gasteiger partial charge in [0.05, 0.1) is 0 Å². The lowest BCUT2D eigenvalue weighted by Crippen LogP contribution is -1.86. The molecule has 0 heterocycles. The summed E-state index contributed by atoms with van der Waals surface area (Å²) in [6, 6.07) is 4.35. The number of aliphatic imine (C=N–C) groups is 1. The first kappa shape index (κ1) is 8.21. The molecular weight excluding hydrogens is 165 g/mol. The van der Waals surface area contributed by atoms with Crippen LogP contribution in [0.1, 0.15) is 5.56 Å². The standard InChI is InChI=1S/C8H7ClFN/c1-11-5-6-4-7(9)2-3-8(6)10/h2-5H,1H3. The minimum absolute atomic E-state index is 0.306. The summed E-state index contributed by atoms with van der Waals surface area (Å²) in [6.07, 6.45) is 1.43. The number of nitrogens with zero attached hydrogens (tertiary/aromatic N) is 1. The van der Waals surface area contributed by atoms with E-state index in [1.54, 1.807) is 7.05 Å². The molecule has 0 saturated carbocycles. The van der Waals surface area contributed by atoms with Gasteiger partial charge in [-0.05, 0) is 18.2 Å². The highest BCUT2D eigenvalue weighted by Gasteiger charge is 1.98. The Morgan fingerprint density at radius 2 is 2.27 bits per heavy atom. The Hall–Kier alpha value is -0.890. The van der Waals surface area contributed by atoms with Crippen molar-refractivity contribution in [1.29, 1.82) is 0 Å². The quantitative estimate of drug-likeness (QED) is 0.576. The van der Waals surface area contributed by atoms with Gasteiger partial charge >= 0.3 is 0 Å². The van der Waals surface area contributed by atoms with E-state index in [0.29, 0.717) is 10.6 Å². The van der Waals surface area contributed by atoms with Crippen LogP contribution in [-0.4, -0.2) is 13.3 Å². The lowest BCUT2D eigenvalue weighted by molar-refractivity contribution is 0.626. The van der Waals surface area contributed by atoms with Crippen molar-refractivity contribution in [3.05, 3.63) is 34.6 Å². The lowest BCUT2D eigenvalue weighted by atomic mass is 10.2. The van der Waals surface area contributed by atoms with Gasteiger partial charge in [0.1, 0.15) is 5.82 Å². The molecule has 0 bridgehead atoms. The molecule has 0 N–H and O–H groups in total. The van der Waals surface area contributed by atoms with E-state index in [-0.39, 0.29) is 5.82 Å². The minimum atomic E-state index is -0.306. The largest absolute Gasteiger partial charge is 0.296 e. The molecule has 3 heteroatoms. The molecular formula is C8H7ClFN. The highest BCUT2D eigenvalue weighted by molar-refractivity contribution is 6.30. The summed E-state index contributed by atoms with van der Waals surface area (Å²) < 4.78 is 12.8. The number of hydrogen-bond acceptors (Lipinski definition) is 1. The van der Waals surface area contributed by atoms with Gasteiger partial charge in [0.25, 0.3) is 0 Å². The van der Waals surface area contributed by atoms with Crippen LogP contribution >= 0.6 is 11.6 Å². The van der Waals surface area contributed by atoms with Crippen LogP contribution in [0, 0.1) is 5.82 Å². The molecule has 0 saturated heterocycles. The summed E-state index contributed by atoms with van der Waals surface area (Å²) in [5.41, 5.74) is 0.417. The molecule has 1 aromatic carbocycles. The molecule has 0 aliphatic carbocycles. The van der Waals surface area contributed by atoms with Crippen molar-refractivity contribution in [1.82, 2.24) is 0 Å². The number of benzene rings is 1. The molecule has 0 unspecified atom stereocenters. The lowest BCUT2D eigenvalue weighted by Gasteiger charge is -1.95. The van der Waals surface area contributed by atoms with E-state index in [2.05, 4.69) is 4.99 Å². The number of rotatable bonds is 1. The van der Waals surface area contributed by atoms with E-state index in [1.165, 1.54) is 24.4 Å². The predicted octanol–water partition coefficient (Wildman–Crippen LogP) is 2.53. The van der Waals surface area contributed by atoms with E-state index in [9.17, 15) is 4.39 Å². The average Bonchev–Trinajstić information content (AvgIpc) is 1.98. The Balaban J connectivity index is 3.12. The second kappa shape index (κ2) is 3.49. The van der Waals surface area contributed by atoms with Crippen LogP contribution in [0.15, 0.2) is 23.2 Å². The maximum Gasteiger partial charge on any atom is 0.132 e. The third-order valence-electron chi connectivity index (χ3n) is 1.23. The molecule has 0 radical (unpaired) electrons. The molecule has 1 aromatic rings. The van der Waals surface area contributed by atoms with Crippen LogP contribution < -0.4 is 0 Å². The zero-order valence-corrected chi connectivity index (χ0v) is 6.77. The summed E-state index contributed by atoms with van der Waals surface area (Å²) in [4.78, 5) is 3.68. The molecule has 0 fully saturated rings. The van der Waals surface area contributed by atoms with Crippen molar-refractivity contribution in [2.75, 3.05) is 7.05 Å². The highest BCUT2D eigenvalue weighted by atomic mass is 35.5. The third-order valence-corrected chi connectivity index (χ3v) is 1.46. The molecule has 58 valence electrons. The van der Waals surface area contributed by atoms with Crippen molar-refractivity contribution in [3.63, 3.8) is 0 Å². The fraction of sp³-hybridized carbons (Fsp3) is 0.125. The van der Waals surface area contributed by atoms with Gasteiger partial charge in [0, 0.05) is 23.8 Å². The fourth-order valence-corrected chi connectivity index (χ4v) is 0.933. The molecule has 0 spiro atoms. The highest BCUT2D eigenvalue weighted by Crippen LogP contribution is 2.12. The summed E-state index contributed by atoms with van der Waals surface area (Å²) in [7, 11) is 1.58. The van der Waals surface area contributed by atoms with Crippen LogP contribution in [0.5, 0.6) is 0 Å². The SMILES string of the molecule is CN=Cc1cc(Cl)ccc1F. The normalized spacial score (nSPS) is 10.8. The third kappa shape index (κ3) is 2.02. The molecule has 0 aliphatic heterocycles. The maximum absolute atomic E-state index is 12.8. The molecule has 1 rings (SSSR count). The summed E-state index contributed by atoms with van der Waals surface area (Å²) in [5, 5.41) is 0.515. The van der Waals surface area contributed by atoms with Crippen LogP contribution in [0.4, 0.5) is 4.39 Å². The topological polar surface area (TPSA) is 12.4 Å². The van der Waals surface area contributed by atoms with E-state index in [1.807, 2.05) is 0 Å². The Morgan fingerprint density at radius 1 is 1.55 bits per heavy atom. The van der Waals surface area contributed by atoms with Gasteiger partial charge in [-0.15, -0.1) is 0 Å². The first-order valence-corrected chi connectivity index (χ1v) is 3.49. The second-order valence-electron chi connectivity index (χ2n) is 2.05. The van der Waals surface area contributed by atoms with Gasteiger partial charge in [-0.3, -0.25) is 4.99 Å². The zero-order chi connectivity index (χ0) is 8.27. The van der Waals surface area contributed by atoms with Crippen molar-refractivity contribution < 1.29 is 4.39 Å². The average molecular weight is 172 g/mol. The van der Waals surface area contributed by atoms with Crippen molar-refractivity contribution in [3.8, 4) is 0 Å². The predicted molar refractivity (Wildman–Crippen MR) is 44.9 cm³/mol. The van der Waals surface area contributed by atoms with Crippen LogP contribution in [0.2, 0.25) is 5.02 Å². The van der Waals surface area contributed by atoms with Gasteiger partial charge < -0.3 is 0 Å². The monoisotopic (exact) mass is 171 g/mol. The van der Waals surface area contributed by atoms with Gasteiger partial charge in [-0.1, -0.05) is 11.6 Å². The summed E-state index contributed by atoms with van der Waals surface area (Å²) in [5.74, 6) is -0.306. The molecule has 0 atom stereocenters. The minimum Gasteiger partial charge on any atom is -0.296 e. The van der Waals surface area contributed by atoms with Crippen LogP contribution in [-0.2, 0) is 0 Å². The molecule has 11 heavy (non-hydrogen) atoms.